The molecule has 8 nitrogen and oxygen atoms in total. The quantitative estimate of drug-likeness (QED) is 0.585. The van der Waals surface area contributed by atoms with E-state index < -0.39 is 4.92 Å². The van der Waals surface area contributed by atoms with E-state index in [4.69, 9.17) is 4.74 Å². The van der Waals surface area contributed by atoms with E-state index in [-0.39, 0.29) is 5.82 Å². The molecule has 0 amide bonds. The maximum atomic E-state index is 11.0. The van der Waals surface area contributed by atoms with Crippen LogP contribution in [0.4, 0.5) is 11.6 Å². The van der Waals surface area contributed by atoms with Gasteiger partial charge in [-0.05, 0) is 29.0 Å². The second kappa shape index (κ2) is 5.80. The first kappa shape index (κ1) is 14.4. The summed E-state index contributed by atoms with van der Waals surface area (Å²) in [6.45, 7) is 1.37. The molecule has 0 radical (unpaired) electrons. The largest absolute Gasteiger partial charge is 0.493 e. The zero-order chi connectivity index (χ0) is 16.5. The molecule has 4 rings (SSSR count). The van der Waals surface area contributed by atoms with Crippen LogP contribution in [0.1, 0.15) is 17.9 Å². The number of nitro groups is 1. The van der Waals surface area contributed by atoms with Gasteiger partial charge < -0.3 is 20.2 Å². The number of nitrogens with one attached hydrogen (secondary N) is 1. The molecule has 3 aromatic rings. The summed E-state index contributed by atoms with van der Waals surface area (Å²) >= 11 is 0. The lowest BCUT2D eigenvalue weighted by Crippen LogP contribution is -2.21. The molecule has 3 heterocycles. The zero-order valence-electron chi connectivity index (χ0n) is 12.8. The van der Waals surface area contributed by atoms with E-state index >= 15 is 0 Å². The second-order valence-electron chi connectivity index (χ2n) is 5.61. The Balaban J connectivity index is 1.55. The number of anilines is 1. The molecule has 0 saturated carbocycles. The van der Waals surface area contributed by atoms with Crippen molar-refractivity contribution in [3.63, 3.8) is 0 Å². The molecule has 0 bridgehead atoms. The molecular weight excluding hydrogens is 310 g/mol. The summed E-state index contributed by atoms with van der Waals surface area (Å²) < 4.78 is 6.90. The molecule has 24 heavy (non-hydrogen) atoms. The maximum absolute atomic E-state index is 11.0. The monoisotopic (exact) mass is 325 g/mol. The van der Waals surface area contributed by atoms with Gasteiger partial charge in [0.2, 0.25) is 5.65 Å². The summed E-state index contributed by atoms with van der Waals surface area (Å²) in [7, 11) is 0. The summed E-state index contributed by atoms with van der Waals surface area (Å²) in [6.07, 6.45) is 2.12. The van der Waals surface area contributed by atoms with Crippen molar-refractivity contribution in [2.45, 2.75) is 12.3 Å². The van der Waals surface area contributed by atoms with E-state index in [0.717, 1.165) is 12.2 Å². The highest BCUT2D eigenvalue weighted by Crippen LogP contribution is 2.33. The molecule has 1 aliphatic heterocycles. The fourth-order valence-electron chi connectivity index (χ4n) is 2.94. The summed E-state index contributed by atoms with van der Waals surface area (Å²) in [5, 5.41) is 18.5. The minimum atomic E-state index is -0.495. The highest BCUT2D eigenvalue weighted by Gasteiger charge is 2.21. The first-order valence-corrected chi connectivity index (χ1v) is 7.67. The molecule has 2 aromatic heterocycles. The van der Waals surface area contributed by atoms with Crippen LogP contribution in [0.15, 0.2) is 42.6 Å². The predicted molar refractivity (Wildman–Crippen MR) is 87.4 cm³/mol. The molecule has 0 fully saturated rings. The fourth-order valence-corrected chi connectivity index (χ4v) is 2.94. The van der Waals surface area contributed by atoms with Gasteiger partial charge in [0.1, 0.15) is 11.9 Å². The van der Waals surface area contributed by atoms with E-state index in [0.29, 0.717) is 30.5 Å². The Morgan fingerprint density at radius 1 is 1.33 bits per heavy atom. The van der Waals surface area contributed by atoms with Gasteiger partial charge in [-0.3, -0.25) is 0 Å². The van der Waals surface area contributed by atoms with Crippen LogP contribution in [0.2, 0.25) is 0 Å². The Morgan fingerprint density at radius 2 is 2.21 bits per heavy atom. The van der Waals surface area contributed by atoms with E-state index in [1.54, 1.807) is 12.1 Å². The highest BCUT2D eigenvalue weighted by molar-refractivity contribution is 5.48. The summed E-state index contributed by atoms with van der Waals surface area (Å²) in [4.78, 5) is 14.5. The van der Waals surface area contributed by atoms with E-state index in [2.05, 4.69) is 21.5 Å². The normalized spacial score (nSPS) is 16.4. The first-order valence-electron chi connectivity index (χ1n) is 7.67. The van der Waals surface area contributed by atoms with Crippen molar-refractivity contribution in [2.24, 2.45) is 0 Å². The fraction of sp³-hybridized carbons (Fsp3) is 0.250. The van der Waals surface area contributed by atoms with E-state index in [1.165, 1.54) is 16.3 Å². The van der Waals surface area contributed by atoms with E-state index in [1.807, 2.05) is 18.2 Å². The Kier molecular flexibility index (Phi) is 3.49. The molecule has 0 unspecified atom stereocenters. The topological polar surface area (TPSA) is 94.6 Å². The maximum Gasteiger partial charge on any atom is 0.368 e. The third kappa shape index (κ3) is 2.51. The molecule has 0 aliphatic carbocycles. The summed E-state index contributed by atoms with van der Waals surface area (Å²) in [5.74, 6) is 1.66. The van der Waals surface area contributed by atoms with Gasteiger partial charge in [0.05, 0.1) is 6.61 Å². The number of rotatable bonds is 4. The van der Waals surface area contributed by atoms with Crippen LogP contribution in [0.5, 0.6) is 5.75 Å². The van der Waals surface area contributed by atoms with Crippen LogP contribution in [-0.4, -0.2) is 32.7 Å². The Hall–Kier alpha value is -3.16. The van der Waals surface area contributed by atoms with Crippen LogP contribution >= 0.6 is 0 Å². The van der Waals surface area contributed by atoms with Gasteiger partial charge in [0, 0.05) is 18.5 Å². The molecule has 0 spiro atoms. The van der Waals surface area contributed by atoms with Crippen LogP contribution in [0, 0.1) is 10.1 Å². The summed E-state index contributed by atoms with van der Waals surface area (Å²) in [6, 6.07) is 11.5. The number of imidazole rings is 1. The van der Waals surface area contributed by atoms with Crippen LogP contribution in [0.3, 0.4) is 0 Å². The number of hydrogen-bond acceptors (Lipinski definition) is 6. The van der Waals surface area contributed by atoms with Gasteiger partial charge in [-0.1, -0.05) is 27.8 Å². The predicted octanol–water partition coefficient (Wildman–Crippen LogP) is 2.62. The van der Waals surface area contributed by atoms with Crippen molar-refractivity contribution >= 4 is 17.3 Å². The minimum Gasteiger partial charge on any atom is -0.493 e. The lowest BCUT2D eigenvalue weighted by Gasteiger charge is -2.26. The Bertz CT molecular complexity index is 908. The molecule has 8 heteroatoms. The lowest BCUT2D eigenvalue weighted by atomic mass is 9.93. The number of hydrogen-bond donors (Lipinski definition) is 1. The number of fused-ring (bicyclic) bond motifs is 2. The summed E-state index contributed by atoms with van der Waals surface area (Å²) in [5.41, 5.74) is 1.62. The molecular formula is C16H15N5O3. The van der Waals surface area contributed by atoms with Crippen molar-refractivity contribution < 1.29 is 9.66 Å². The Labute approximate surface area is 137 Å². The standard InChI is InChI=1S/C16H15N5O3/c22-21(23)16-10-18-15-6-5-14(19-20(15)16)17-9-11-7-8-24-13-4-2-1-3-12(11)13/h1-6,10-11H,7-9H2,(H,17,19)/t11-/m0/s1. The average molecular weight is 325 g/mol. The average Bonchev–Trinajstić information content (AvgIpc) is 3.03. The van der Waals surface area contributed by atoms with Crippen LogP contribution in [0.25, 0.3) is 5.65 Å². The number of ether oxygens (including phenoxy) is 1. The number of para-hydroxylation sites is 1. The van der Waals surface area contributed by atoms with Crippen molar-refractivity contribution in [3.8, 4) is 5.75 Å². The highest BCUT2D eigenvalue weighted by atomic mass is 16.6. The molecule has 1 atom stereocenters. The van der Waals surface area contributed by atoms with Crippen molar-refractivity contribution in [1.82, 2.24) is 14.6 Å². The molecule has 1 aliphatic rings. The van der Waals surface area contributed by atoms with Crippen molar-refractivity contribution in [1.29, 1.82) is 0 Å². The smallest absolute Gasteiger partial charge is 0.368 e. The second-order valence-corrected chi connectivity index (χ2v) is 5.61. The van der Waals surface area contributed by atoms with E-state index in [9.17, 15) is 10.1 Å². The number of benzene rings is 1. The SMILES string of the molecule is O=[N+]([O-])c1cnc2ccc(NC[C@@H]3CCOc4ccccc43)nn12. The Morgan fingerprint density at radius 3 is 3.08 bits per heavy atom. The molecule has 0 saturated heterocycles. The van der Waals surface area contributed by atoms with Crippen LogP contribution in [-0.2, 0) is 0 Å². The first-order chi connectivity index (χ1) is 11.7. The minimum absolute atomic E-state index is 0.148. The van der Waals surface area contributed by atoms with Gasteiger partial charge in [0.25, 0.3) is 0 Å². The molecule has 1 aromatic carbocycles. The number of nitrogens with zero attached hydrogens (tertiary/aromatic N) is 4. The third-order valence-corrected chi connectivity index (χ3v) is 4.14. The van der Waals surface area contributed by atoms with Crippen LogP contribution < -0.4 is 10.1 Å². The van der Waals surface area contributed by atoms with Crippen molar-refractivity contribution in [2.75, 3.05) is 18.5 Å². The molecule has 122 valence electrons. The van der Waals surface area contributed by atoms with Crippen molar-refractivity contribution in [3.05, 3.63) is 58.3 Å². The van der Waals surface area contributed by atoms with Gasteiger partial charge in [-0.25, -0.2) is 4.98 Å². The van der Waals surface area contributed by atoms with Gasteiger partial charge in [0.15, 0.2) is 5.82 Å². The third-order valence-electron chi connectivity index (χ3n) is 4.14. The van der Waals surface area contributed by atoms with Gasteiger partial charge in [-0.15, -0.1) is 0 Å². The number of aromatic nitrogens is 3. The molecule has 1 N–H and O–H groups in total. The van der Waals surface area contributed by atoms with Gasteiger partial charge in [-0.2, -0.15) is 0 Å². The zero-order valence-corrected chi connectivity index (χ0v) is 12.8. The lowest BCUT2D eigenvalue weighted by molar-refractivity contribution is -0.391. The van der Waals surface area contributed by atoms with Gasteiger partial charge >= 0.3 is 5.82 Å².